The van der Waals surface area contributed by atoms with Crippen LogP contribution in [-0.2, 0) is 0 Å². The van der Waals surface area contributed by atoms with Crippen LogP contribution >= 0.6 is 0 Å². The van der Waals surface area contributed by atoms with Crippen LogP contribution in [0.25, 0.3) is 0 Å². The molecule has 1 aromatic carbocycles. The van der Waals surface area contributed by atoms with E-state index in [1.807, 2.05) is 41.2 Å². The number of nitrogens with one attached hydrogen (secondary N) is 1. The largest absolute Gasteiger partial charge is 0.454 e. The number of aromatic nitrogens is 2. The Labute approximate surface area is 107 Å². The molecule has 1 aliphatic heterocycles. The number of benzene rings is 1. The summed E-state index contributed by atoms with van der Waals surface area (Å²) in [4.78, 5) is 0. The molecule has 0 saturated carbocycles. The van der Waals surface area contributed by atoms with Crippen molar-refractivity contribution in [3.8, 4) is 11.5 Å². The molecule has 2 heterocycles. The predicted molar refractivity (Wildman–Crippen MR) is 69.9 cm³/mol. The van der Waals surface area contributed by atoms with Gasteiger partial charge < -0.3 is 10.1 Å². The lowest BCUT2D eigenvalue weighted by Crippen LogP contribution is -2.31. The quantitative estimate of drug-likeness (QED) is 0.900. The highest BCUT2D eigenvalue weighted by Gasteiger charge is 2.15. The Morgan fingerprint density at radius 1 is 1.22 bits per heavy atom. The SMILES string of the molecule is c1ccc(Oc2cnn(C3CCCNC3)c2)cc1. The van der Waals surface area contributed by atoms with Gasteiger partial charge in [-0.25, -0.2) is 0 Å². The van der Waals surface area contributed by atoms with Crippen molar-refractivity contribution in [1.82, 2.24) is 15.1 Å². The summed E-state index contributed by atoms with van der Waals surface area (Å²) >= 11 is 0. The van der Waals surface area contributed by atoms with Gasteiger partial charge in [0, 0.05) is 6.54 Å². The Morgan fingerprint density at radius 3 is 2.89 bits per heavy atom. The second-order valence-electron chi connectivity index (χ2n) is 4.57. The van der Waals surface area contributed by atoms with E-state index < -0.39 is 0 Å². The standard InChI is InChI=1S/C14H17N3O/c1-2-6-13(7-3-1)18-14-10-16-17(11-14)12-5-4-8-15-9-12/h1-3,6-7,10-12,15H,4-5,8-9H2. The van der Waals surface area contributed by atoms with Gasteiger partial charge >= 0.3 is 0 Å². The van der Waals surface area contributed by atoms with Crippen molar-refractivity contribution in [2.75, 3.05) is 13.1 Å². The first kappa shape index (κ1) is 11.3. The van der Waals surface area contributed by atoms with Crippen LogP contribution < -0.4 is 10.1 Å². The maximum atomic E-state index is 5.75. The Morgan fingerprint density at radius 2 is 2.11 bits per heavy atom. The summed E-state index contributed by atoms with van der Waals surface area (Å²) in [7, 11) is 0. The molecule has 1 aromatic heterocycles. The lowest BCUT2D eigenvalue weighted by molar-refractivity contribution is 0.345. The van der Waals surface area contributed by atoms with Crippen molar-refractivity contribution in [2.45, 2.75) is 18.9 Å². The summed E-state index contributed by atoms with van der Waals surface area (Å²) in [5.74, 6) is 1.64. The molecule has 1 fully saturated rings. The third-order valence-corrected chi connectivity index (χ3v) is 3.20. The topological polar surface area (TPSA) is 39.1 Å². The van der Waals surface area contributed by atoms with Gasteiger partial charge in [0.05, 0.1) is 18.4 Å². The van der Waals surface area contributed by atoms with Gasteiger partial charge in [0.1, 0.15) is 5.75 Å². The number of nitrogens with zero attached hydrogens (tertiary/aromatic N) is 2. The van der Waals surface area contributed by atoms with E-state index in [4.69, 9.17) is 4.74 Å². The zero-order valence-corrected chi connectivity index (χ0v) is 10.2. The molecule has 0 radical (unpaired) electrons. The predicted octanol–water partition coefficient (Wildman–Crippen LogP) is 2.60. The first-order valence-electron chi connectivity index (χ1n) is 6.39. The first-order chi connectivity index (χ1) is 8.92. The summed E-state index contributed by atoms with van der Waals surface area (Å²) in [5.41, 5.74) is 0. The third-order valence-electron chi connectivity index (χ3n) is 3.20. The van der Waals surface area contributed by atoms with E-state index in [0.29, 0.717) is 6.04 Å². The van der Waals surface area contributed by atoms with E-state index in [2.05, 4.69) is 10.4 Å². The first-order valence-corrected chi connectivity index (χ1v) is 6.39. The van der Waals surface area contributed by atoms with Gasteiger partial charge in [-0.1, -0.05) is 18.2 Å². The van der Waals surface area contributed by atoms with E-state index in [9.17, 15) is 0 Å². The van der Waals surface area contributed by atoms with Gasteiger partial charge in [-0.2, -0.15) is 5.10 Å². The molecular weight excluding hydrogens is 226 g/mol. The molecule has 0 amide bonds. The smallest absolute Gasteiger partial charge is 0.165 e. The molecule has 0 bridgehead atoms. The van der Waals surface area contributed by atoms with Crippen LogP contribution in [0.4, 0.5) is 0 Å². The van der Waals surface area contributed by atoms with Gasteiger partial charge in [-0.15, -0.1) is 0 Å². The van der Waals surface area contributed by atoms with E-state index >= 15 is 0 Å². The molecule has 0 spiro atoms. The van der Waals surface area contributed by atoms with Crippen LogP contribution in [0.5, 0.6) is 11.5 Å². The average molecular weight is 243 g/mol. The Hall–Kier alpha value is -1.81. The van der Waals surface area contributed by atoms with E-state index in [1.54, 1.807) is 6.20 Å². The molecule has 1 N–H and O–H groups in total. The molecular formula is C14H17N3O. The molecule has 18 heavy (non-hydrogen) atoms. The molecule has 1 saturated heterocycles. The van der Waals surface area contributed by atoms with Crippen LogP contribution in [0.3, 0.4) is 0 Å². The van der Waals surface area contributed by atoms with Gasteiger partial charge in [0.25, 0.3) is 0 Å². The fraction of sp³-hybridized carbons (Fsp3) is 0.357. The van der Waals surface area contributed by atoms with E-state index in [-0.39, 0.29) is 0 Å². The van der Waals surface area contributed by atoms with Crippen LogP contribution in [0.2, 0.25) is 0 Å². The lowest BCUT2D eigenvalue weighted by Gasteiger charge is -2.22. The zero-order valence-electron chi connectivity index (χ0n) is 10.2. The van der Waals surface area contributed by atoms with Gasteiger partial charge in [-0.05, 0) is 31.5 Å². The molecule has 3 rings (SSSR count). The zero-order chi connectivity index (χ0) is 12.2. The summed E-state index contributed by atoms with van der Waals surface area (Å²) in [5, 5.41) is 7.78. The number of rotatable bonds is 3. The maximum absolute atomic E-state index is 5.75. The van der Waals surface area contributed by atoms with Gasteiger partial charge in [-0.3, -0.25) is 4.68 Å². The fourth-order valence-corrected chi connectivity index (χ4v) is 2.26. The summed E-state index contributed by atoms with van der Waals surface area (Å²) in [6.45, 7) is 2.11. The van der Waals surface area contributed by atoms with Crippen molar-refractivity contribution in [3.05, 3.63) is 42.7 Å². The van der Waals surface area contributed by atoms with Gasteiger partial charge in [0.15, 0.2) is 5.75 Å². The number of para-hydroxylation sites is 1. The molecule has 4 heteroatoms. The third kappa shape index (κ3) is 2.54. The normalized spacial score (nSPS) is 19.7. The number of hydrogen-bond acceptors (Lipinski definition) is 3. The molecule has 2 aromatic rings. The van der Waals surface area contributed by atoms with Crippen molar-refractivity contribution >= 4 is 0 Å². The number of piperidine rings is 1. The van der Waals surface area contributed by atoms with Crippen LogP contribution in [0.1, 0.15) is 18.9 Å². The molecule has 0 aliphatic carbocycles. The Balaban J connectivity index is 1.69. The van der Waals surface area contributed by atoms with Crippen LogP contribution in [0.15, 0.2) is 42.7 Å². The minimum absolute atomic E-state index is 0.451. The summed E-state index contributed by atoms with van der Waals surface area (Å²) in [6, 6.07) is 10.2. The number of hydrogen-bond donors (Lipinski definition) is 1. The van der Waals surface area contributed by atoms with Crippen molar-refractivity contribution < 1.29 is 4.74 Å². The highest BCUT2D eigenvalue weighted by atomic mass is 16.5. The van der Waals surface area contributed by atoms with Crippen LogP contribution in [-0.4, -0.2) is 22.9 Å². The molecule has 1 aliphatic rings. The molecule has 4 nitrogen and oxygen atoms in total. The maximum Gasteiger partial charge on any atom is 0.165 e. The minimum Gasteiger partial charge on any atom is -0.454 e. The second kappa shape index (κ2) is 5.23. The summed E-state index contributed by atoms with van der Waals surface area (Å²) in [6.07, 6.45) is 6.14. The van der Waals surface area contributed by atoms with Crippen molar-refractivity contribution in [2.24, 2.45) is 0 Å². The van der Waals surface area contributed by atoms with E-state index in [1.165, 1.54) is 12.8 Å². The summed E-state index contributed by atoms with van der Waals surface area (Å²) < 4.78 is 7.75. The Bertz CT molecular complexity index is 489. The fourth-order valence-electron chi connectivity index (χ4n) is 2.26. The highest BCUT2D eigenvalue weighted by Crippen LogP contribution is 2.23. The van der Waals surface area contributed by atoms with Gasteiger partial charge in [0.2, 0.25) is 0 Å². The number of ether oxygens (including phenoxy) is 1. The monoisotopic (exact) mass is 243 g/mol. The molecule has 1 atom stereocenters. The van der Waals surface area contributed by atoms with Crippen molar-refractivity contribution in [1.29, 1.82) is 0 Å². The van der Waals surface area contributed by atoms with E-state index in [0.717, 1.165) is 24.6 Å². The minimum atomic E-state index is 0.451. The highest BCUT2D eigenvalue weighted by molar-refractivity contribution is 5.27. The average Bonchev–Trinajstić information content (AvgIpc) is 2.89. The second-order valence-corrected chi connectivity index (χ2v) is 4.57. The van der Waals surface area contributed by atoms with Crippen LogP contribution in [0, 0.1) is 0 Å². The lowest BCUT2D eigenvalue weighted by atomic mass is 10.1. The Kier molecular flexibility index (Phi) is 3.28. The molecule has 94 valence electrons. The molecule has 1 unspecified atom stereocenters. The van der Waals surface area contributed by atoms with Crippen molar-refractivity contribution in [3.63, 3.8) is 0 Å².